The number of aromatic amines is 2. The summed E-state index contributed by atoms with van der Waals surface area (Å²) in [5, 5.41) is 0. The van der Waals surface area contributed by atoms with Crippen LogP contribution in [0.3, 0.4) is 0 Å². The van der Waals surface area contributed by atoms with E-state index in [2.05, 4.69) is 92.6 Å². The van der Waals surface area contributed by atoms with Crippen LogP contribution in [-0.4, -0.2) is 28.2 Å². The van der Waals surface area contributed by atoms with E-state index in [1.807, 2.05) is 77.0 Å². The number of H-pyrrole nitrogens is 2. The zero-order chi connectivity index (χ0) is 24.2. The second-order valence-electron chi connectivity index (χ2n) is 8.27. The average Bonchev–Trinajstić information content (AvgIpc) is 2.88. The van der Waals surface area contributed by atoms with Crippen LogP contribution in [0, 0.1) is 0 Å². The third kappa shape index (κ3) is 10.6. The normalized spacial score (nSPS) is 10.1. The molecule has 2 heterocycles. The molecule has 0 amide bonds. The monoisotopic (exact) mass is 608 g/mol. The number of hydrogen-bond donors (Lipinski definition) is 0. The highest BCUT2D eigenvalue weighted by Crippen LogP contribution is 2.14. The number of pyridine rings is 2. The SMILES string of the molecule is CN(C)c1ccc(C=Cc2cccc[nH+]2)cc1.CN(C)c1ccc(C=Cc2cccc[nH+]2)cc1.[Br-].[Br-]. The van der Waals surface area contributed by atoms with Gasteiger partial charge in [-0.2, -0.15) is 0 Å². The van der Waals surface area contributed by atoms with E-state index in [4.69, 9.17) is 0 Å². The van der Waals surface area contributed by atoms with Gasteiger partial charge in [0.25, 0.3) is 0 Å². The first kappa shape index (κ1) is 30.8. The molecule has 36 heavy (non-hydrogen) atoms. The third-order valence-corrected chi connectivity index (χ3v) is 5.20. The molecule has 2 aromatic heterocycles. The van der Waals surface area contributed by atoms with Gasteiger partial charge in [0.1, 0.15) is 0 Å². The van der Waals surface area contributed by atoms with Gasteiger partial charge in [-0.15, -0.1) is 0 Å². The first-order chi connectivity index (χ1) is 16.5. The molecule has 0 aliphatic carbocycles. The van der Waals surface area contributed by atoms with Crippen molar-refractivity contribution >= 4 is 35.7 Å². The van der Waals surface area contributed by atoms with E-state index >= 15 is 0 Å². The smallest absolute Gasteiger partial charge is 0.203 e. The molecular formula is C30H34Br2N4. The topological polar surface area (TPSA) is 34.8 Å². The zero-order valence-electron chi connectivity index (χ0n) is 21.2. The number of nitrogens with zero attached hydrogens (tertiary/aromatic N) is 2. The van der Waals surface area contributed by atoms with Crippen LogP contribution in [0.5, 0.6) is 0 Å². The molecule has 4 aromatic rings. The molecule has 2 N–H and O–H groups in total. The van der Waals surface area contributed by atoms with Crippen molar-refractivity contribution in [2.75, 3.05) is 38.0 Å². The lowest BCUT2D eigenvalue weighted by Crippen LogP contribution is -3.00. The van der Waals surface area contributed by atoms with Crippen molar-refractivity contribution in [3.63, 3.8) is 0 Å². The fraction of sp³-hybridized carbons (Fsp3) is 0.133. The predicted octanol–water partition coefficient (Wildman–Crippen LogP) is -0.518. The van der Waals surface area contributed by atoms with Crippen molar-refractivity contribution in [1.29, 1.82) is 0 Å². The van der Waals surface area contributed by atoms with Crippen molar-refractivity contribution in [2.45, 2.75) is 0 Å². The number of benzene rings is 2. The molecule has 0 radical (unpaired) electrons. The minimum Gasteiger partial charge on any atom is -1.00 e. The van der Waals surface area contributed by atoms with Gasteiger partial charge >= 0.3 is 0 Å². The zero-order valence-corrected chi connectivity index (χ0v) is 24.4. The van der Waals surface area contributed by atoms with Crippen LogP contribution in [0.15, 0.2) is 97.3 Å². The third-order valence-electron chi connectivity index (χ3n) is 5.20. The van der Waals surface area contributed by atoms with Gasteiger partial charge in [0.05, 0.1) is 0 Å². The van der Waals surface area contributed by atoms with Crippen molar-refractivity contribution in [3.8, 4) is 0 Å². The minimum absolute atomic E-state index is 0. The van der Waals surface area contributed by atoms with Gasteiger partial charge in [0.2, 0.25) is 11.4 Å². The molecule has 0 bridgehead atoms. The summed E-state index contributed by atoms with van der Waals surface area (Å²) in [7, 11) is 8.18. The Morgan fingerprint density at radius 1 is 0.472 bits per heavy atom. The van der Waals surface area contributed by atoms with Gasteiger partial charge in [0, 0.05) is 76.0 Å². The van der Waals surface area contributed by atoms with Crippen LogP contribution in [0.2, 0.25) is 0 Å². The Bertz CT molecular complexity index is 1080. The van der Waals surface area contributed by atoms with E-state index in [0.717, 1.165) is 11.4 Å². The van der Waals surface area contributed by atoms with Gasteiger partial charge in [-0.1, -0.05) is 24.3 Å². The van der Waals surface area contributed by atoms with Gasteiger partial charge in [-0.05, 0) is 59.7 Å². The first-order valence-electron chi connectivity index (χ1n) is 11.4. The molecule has 188 valence electrons. The molecule has 6 heteroatoms. The largest absolute Gasteiger partial charge is 1.00 e. The Morgan fingerprint density at radius 2 is 0.833 bits per heavy atom. The van der Waals surface area contributed by atoms with Crippen LogP contribution < -0.4 is 53.7 Å². The fourth-order valence-electron chi connectivity index (χ4n) is 3.16. The Kier molecular flexibility index (Phi) is 14.1. The second kappa shape index (κ2) is 16.5. The van der Waals surface area contributed by atoms with Crippen LogP contribution in [0.1, 0.15) is 22.5 Å². The van der Waals surface area contributed by atoms with E-state index in [9.17, 15) is 0 Å². The summed E-state index contributed by atoms with van der Waals surface area (Å²) < 4.78 is 0. The maximum Gasteiger partial charge on any atom is 0.203 e. The molecule has 4 nitrogen and oxygen atoms in total. The number of halogens is 2. The number of aromatic nitrogens is 2. The molecule has 4 rings (SSSR count). The summed E-state index contributed by atoms with van der Waals surface area (Å²) in [5.41, 5.74) is 7.04. The van der Waals surface area contributed by atoms with Gasteiger partial charge < -0.3 is 43.8 Å². The molecule has 0 aliphatic heterocycles. The summed E-state index contributed by atoms with van der Waals surface area (Å²) in [6, 6.07) is 29.0. The van der Waals surface area contributed by atoms with E-state index in [1.54, 1.807) is 0 Å². The van der Waals surface area contributed by atoms with Crippen LogP contribution in [0.4, 0.5) is 11.4 Å². The highest BCUT2D eigenvalue weighted by Gasteiger charge is 1.96. The maximum absolute atomic E-state index is 3.17. The lowest BCUT2D eigenvalue weighted by molar-refractivity contribution is -0.381. The Labute approximate surface area is 236 Å². The van der Waals surface area contributed by atoms with Crippen LogP contribution in [-0.2, 0) is 0 Å². The number of nitrogens with one attached hydrogen (secondary N) is 2. The molecule has 0 unspecified atom stereocenters. The number of rotatable bonds is 6. The van der Waals surface area contributed by atoms with E-state index < -0.39 is 0 Å². The van der Waals surface area contributed by atoms with Crippen molar-refractivity contribution < 1.29 is 43.9 Å². The number of anilines is 2. The molecule has 0 saturated carbocycles. The van der Waals surface area contributed by atoms with E-state index in [-0.39, 0.29) is 34.0 Å². The molecule has 0 fully saturated rings. The summed E-state index contributed by atoms with van der Waals surface area (Å²) >= 11 is 0. The van der Waals surface area contributed by atoms with Crippen molar-refractivity contribution in [2.24, 2.45) is 0 Å². The number of hydrogen-bond acceptors (Lipinski definition) is 2. The van der Waals surface area contributed by atoms with Gasteiger partial charge in [0.15, 0.2) is 12.4 Å². The lowest BCUT2D eigenvalue weighted by Gasteiger charge is -2.11. The Hall–Kier alpha value is -3.22. The van der Waals surface area contributed by atoms with E-state index in [1.165, 1.54) is 22.5 Å². The molecule has 0 saturated heterocycles. The highest BCUT2D eigenvalue weighted by molar-refractivity contribution is 5.68. The van der Waals surface area contributed by atoms with Gasteiger partial charge in [-0.3, -0.25) is 0 Å². The molecular weight excluding hydrogens is 576 g/mol. The molecule has 0 spiro atoms. The minimum atomic E-state index is 0. The highest BCUT2D eigenvalue weighted by atomic mass is 79.9. The van der Waals surface area contributed by atoms with Crippen molar-refractivity contribution in [3.05, 3.63) is 120 Å². The van der Waals surface area contributed by atoms with Crippen LogP contribution in [0.25, 0.3) is 24.3 Å². The predicted molar refractivity (Wildman–Crippen MR) is 145 cm³/mol. The molecule has 2 aromatic carbocycles. The van der Waals surface area contributed by atoms with E-state index in [0.29, 0.717) is 0 Å². The van der Waals surface area contributed by atoms with Gasteiger partial charge in [-0.25, -0.2) is 9.97 Å². The van der Waals surface area contributed by atoms with Crippen LogP contribution >= 0.6 is 0 Å². The Balaban J connectivity index is 0.000000341. The second-order valence-corrected chi connectivity index (χ2v) is 8.27. The lowest BCUT2D eigenvalue weighted by atomic mass is 10.1. The first-order valence-corrected chi connectivity index (χ1v) is 11.4. The maximum atomic E-state index is 3.17. The summed E-state index contributed by atoms with van der Waals surface area (Å²) in [6.07, 6.45) is 12.2. The standard InChI is InChI=1S/2C15H16N2.2BrH/c2*1-17(2)15-10-7-13(8-11-15)6-9-14-5-3-4-12-16-14;;/h2*3-12H,1-2H3;2*1H. The Morgan fingerprint density at radius 3 is 1.11 bits per heavy atom. The summed E-state index contributed by atoms with van der Waals surface area (Å²) in [6.45, 7) is 0. The molecule has 0 atom stereocenters. The van der Waals surface area contributed by atoms with Crippen molar-refractivity contribution in [1.82, 2.24) is 0 Å². The molecule has 0 aliphatic rings. The summed E-state index contributed by atoms with van der Waals surface area (Å²) in [5.74, 6) is 0. The average molecular weight is 610 g/mol. The summed E-state index contributed by atoms with van der Waals surface area (Å²) in [4.78, 5) is 10.5. The quantitative estimate of drug-likeness (QED) is 0.295. The fourth-order valence-corrected chi connectivity index (χ4v) is 3.16.